The first kappa shape index (κ1) is 12.8. The molecule has 0 spiro atoms. The quantitative estimate of drug-likeness (QED) is 0.801. The van der Waals surface area contributed by atoms with Crippen molar-refractivity contribution in [2.45, 2.75) is 31.6 Å². The lowest BCUT2D eigenvalue weighted by molar-refractivity contribution is 0.0843. The van der Waals surface area contributed by atoms with Gasteiger partial charge in [0, 0.05) is 5.41 Å². The van der Waals surface area contributed by atoms with Crippen molar-refractivity contribution in [2.75, 3.05) is 6.61 Å². The van der Waals surface area contributed by atoms with Gasteiger partial charge in [-0.1, -0.05) is 32.0 Å². The van der Waals surface area contributed by atoms with Crippen molar-refractivity contribution < 1.29 is 12.6 Å². The highest BCUT2D eigenvalue weighted by Crippen LogP contribution is 2.86. The third-order valence-electron chi connectivity index (χ3n) is 6.67. The van der Waals surface area contributed by atoms with E-state index >= 15 is 0 Å². The van der Waals surface area contributed by atoms with Crippen LogP contribution >= 0.6 is 0 Å². The number of hydrogen-bond donors (Lipinski definition) is 0. The summed E-state index contributed by atoms with van der Waals surface area (Å²) in [6, 6.07) is 8.44. The monoisotopic (exact) mass is 292 g/mol. The molecule has 4 saturated carbocycles. The number of benzene rings is 1. The zero-order valence-electron chi connectivity index (χ0n) is 11.9. The van der Waals surface area contributed by atoms with E-state index in [1.807, 2.05) is 6.07 Å². The Morgan fingerprint density at radius 2 is 1.75 bits per heavy atom. The highest BCUT2D eigenvalue weighted by molar-refractivity contribution is 7.86. The lowest BCUT2D eigenvalue weighted by Gasteiger charge is -2.33. The van der Waals surface area contributed by atoms with Crippen LogP contribution in [0.5, 0.6) is 0 Å². The molecule has 0 radical (unpaired) electrons. The Morgan fingerprint density at radius 3 is 2.25 bits per heavy atom. The molecule has 4 bridgehead atoms. The second-order valence-electron chi connectivity index (χ2n) is 7.11. The van der Waals surface area contributed by atoms with Crippen LogP contribution in [0.2, 0.25) is 0 Å². The van der Waals surface area contributed by atoms with Crippen LogP contribution in [0.3, 0.4) is 0 Å². The molecule has 108 valence electrons. The number of hydrogen-bond acceptors (Lipinski definition) is 3. The van der Waals surface area contributed by atoms with E-state index in [0.29, 0.717) is 17.9 Å². The predicted octanol–water partition coefficient (Wildman–Crippen LogP) is 3.07. The van der Waals surface area contributed by atoms with E-state index in [0.717, 1.165) is 11.8 Å². The fourth-order valence-electron chi connectivity index (χ4n) is 5.16. The van der Waals surface area contributed by atoms with Gasteiger partial charge >= 0.3 is 0 Å². The van der Waals surface area contributed by atoms with Crippen LogP contribution in [-0.2, 0) is 14.3 Å². The summed E-state index contributed by atoms with van der Waals surface area (Å²) in [5.74, 6) is 2.29. The lowest BCUT2D eigenvalue weighted by Crippen LogP contribution is -2.33. The molecular weight excluding hydrogens is 272 g/mol. The van der Waals surface area contributed by atoms with Crippen molar-refractivity contribution in [2.24, 2.45) is 28.6 Å². The van der Waals surface area contributed by atoms with Crippen molar-refractivity contribution in [3.8, 4) is 0 Å². The number of rotatable bonds is 4. The first-order valence-corrected chi connectivity index (χ1v) is 8.75. The third-order valence-corrected chi connectivity index (χ3v) is 7.95. The zero-order valence-corrected chi connectivity index (χ0v) is 12.7. The standard InChI is InChI=1S/C16H20O3S/c1-15(11-8-13-14(9-11)16(13,15)2)10-19-20(17,18)12-6-4-3-5-7-12/h3-7,11,13-14H,8-10H2,1-2H3/t11?,13-,14+,15-,16?/m0/s1. The van der Waals surface area contributed by atoms with Gasteiger partial charge in [0.2, 0.25) is 0 Å². The molecule has 4 heteroatoms. The molecule has 0 saturated heterocycles. The molecule has 1 aromatic carbocycles. The van der Waals surface area contributed by atoms with Gasteiger partial charge in [0.15, 0.2) is 0 Å². The van der Waals surface area contributed by atoms with E-state index in [-0.39, 0.29) is 10.3 Å². The maximum Gasteiger partial charge on any atom is 0.296 e. The smallest absolute Gasteiger partial charge is 0.266 e. The van der Waals surface area contributed by atoms with Gasteiger partial charge in [0.05, 0.1) is 11.5 Å². The van der Waals surface area contributed by atoms with E-state index in [2.05, 4.69) is 13.8 Å². The van der Waals surface area contributed by atoms with E-state index < -0.39 is 10.1 Å². The summed E-state index contributed by atoms with van der Waals surface area (Å²) in [5.41, 5.74) is 0.355. The van der Waals surface area contributed by atoms with Crippen LogP contribution in [0, 0.1) is 28.6 Å². The maximum atomic E-state index is 12.3. The molecule has 20 heavy (non-hydrogen) atoms. The summed E-state index contributed by atoms with van der Waals surface area (Å²) in [5, 5.41) is 0. The zero-order chi connectivity index (χ0) is 14.2. The van der Waals surface area contributed by atoms with Crippen molar-refractivity contribution in [1.82, 2.24) is 0 Å². The van der Waals surface area contributed by atoms with Crippen molar-refractivity contribution in [3.63, 3.8) is 0 Å². The Morgan fingerprint density at radius 1 is 1.15 bits per heavy atom. The Bertz CT molecular complexity index is 640. The molecule has 1 aromatic rings. The van der Waals surface area contributed by atoms with Gasteiger partial charge in [0.25, 0.3) is 10.1 Å². The van der Waals surface area contributed by atoms with Crippen molar-refractivity contribution >= 4 is 10.1 Å². The maximum absolute atomic E-state index is 12.3. The fraction of sp³-hybridized carbons (Fsp3) is 0.625. The Hall–Kier alpha value is -0.870. The van der Waals surface area contributed by atoms with Gasteiger partial charge in [-0.2, -0.15) is 8.42 Å². The minimum atomic E-state index is -3.62. The van der Waals surface area contributed by atoms with Crippen LogP contribution in [0.25, 0.3) is 0 Å². The molecule has 3 nitrogen and oxygen atoms in total. The average Bonchev–Trinajstić information content (AvgIpc) is 2.78. The molecule has 5 rings (SSSR count). The molecule has 0 heterocycles. The molecule has 4 aliphatic rings. The minimum Gasteiger partial charge on any atom is -0.266 e. The summed E-state index contributed by atoms with van der Waals surface area (Å²) < 4.78 is 29.9. The van der Waals surface area contributed by atoms with Gasteiger partial charge in [-0.25, -0.2) is 0 Å². The Kier molecular flexibility index (Phi) is 2.35. The fourth-order valence-corrected chi connectivity index (χ4v) is 6.19. The summed E-state index contributed by atoms with van der Waals surface area (Å²) in [6.07, 6.45) is 2.54. The molecular formula is C16H20O3S. The summed E-state index contributed by atoms with van der Waals surface area (Å²) in [4.78, 5) is 0.256. The van der Waals surface area contributed by atoms with Crippen LogP contribution in [0.1, 0.15) is 26.7 Å². The molecule has 0 aromatic heterocycles. The summed E-state index contributed by atoms with van der Waals surface area (Å²) in [7, 11) is -3.62. The van der Waals surface area contributed by atoms with E-state index in [4.69, 9.17) is 4.18 Å². The van der Waals surface area contributed by atoms with Crippen LogP contribution < -0.4 is 0 Å². The van der Waals surface area contributed by atoms with E-state index in [1.165, 1.54) is 12.8 Å². The molecule has 5 atom stereocenters. The first-order valence-electron chi connectivity index (χ1n) is 7.34. The molecule has 0 amide bonds. The van der Waals surface area contributed by atoms with Gasteiger partial charge in [-0.3, -0.25) is 4.18 Å². The average molecular weight is 292 g/mol. The van der Waals surface area contributed by atoms with Gasteiger partial charge < -0.3 is 0 Å². The van der Waals surface area contributed by atoms with E-state index in [1.54, 1.807) is 24.3 Å². The van der Waals surface area contributed by atoms with Gasteiger partial charge in [-0.05, 0) is 48.1 Å². The SMILES string of the molecule is CC12[C@@H]3CC(C[C@@H]31)[C@]2(C)COS(=O)(=O)c1ccccc1. The Balaban J connectivity index is 1.55. The van der Waals surface area contributed by atoms with Gasteiger partial charge in [-0.15, -0.1) is 0 Å². The second kappa shape index (κ2) is 3.66. The Labute approximate surface area is 120 Å². The summed E-state index contributed by atoms with van der Waals surface area (Å²) >= 11 is 0. The molecule has 0 N–H and O–H groups in total. The van der Waals surface area contributed by atoms with Crippen LogP contribution in [0.15, 0.2) is 35.2 Å². The van der Waals surface area contributed by atoms with Crippen molar-refractivity contribution in [1.29, 1.82) is 0 Å². The van der Waals surface area contributed by atoms with Crippen LogP contribution in [0.4, 0.5) is 0 Å². The molecule has 4 fully saturated rings. The van der Waals surface area contributed by atoms with Gasteiger partial charge in [0.1, 0.15) is 0 Å². The topological polar surface area (TPSA) is 43.4 Å². The van der Waals surface area contributed by atoms with Crippen LogP contribution in [-0.4, -0.2) is 15.0 Å². The molecule has 0 aliphatic heterocycles. The minimum absolute atomic E-state index is 0.0319. The molecule has 4 aliphatic carbocycles. The van der Waals surface area contributed by atoms with Crippen molar-refractivity contribution in [3.05, 3.63) is 30.3 Å². The molecule has 2 unspecified atom stereocenters. The highest BCUT2D eigenvalue weighted by Gasteiger charge is 2.81. The predicted molar refractivity (Wildman–Crippen MR) is 75.5 cm³/mol. The second-order valence-corrected chi connectivity index (χ2v) is 8.73. The summed E-state index contributed by atoms with van der Waals surface area (Å²) in [6.45, 7) is 4.89. The largest absolute Gasteiger partial charge is 0.296 e. The first-order chi connectivity index (χ1) is 9.39. The highest BCUT2D eigenvalue weighted by atomic mass is 32.2. The normalized spacial score (nSPS) is 44.8. The van der Waals surface area contributed by atoms with E-state index in [9.17, 15) is 8.42 Å². The lowest BCUT2D eigenvalue weighted by atomic mass is 9.75. The third kappa shape index (κ3) is 1.37.